The minimum absolute atomic E-state index is 0.685. The molecule has 104 valence electrons. The predicted octanol–water partition coefficient (Wildman–Crippen LogP) is 3.31. The minimum atomic E-state index is 0.685. The first-order chi connectivity index (χ1) is 9.24. The lowest BCUT2D eigenvalue weighted by Gasteiger charge is -2.09. The fourth-order valence-corrected chi connectivity index (χ4v) is 2.71. The van der Waals surface area contributed by atoms with Crippen LogP contribution in [0.25, 0.3) is 11.0 Å². The highest BCUT2D eigenvalue weighted by atomic mass is 32.2. The molecule has 2 aromatic heterocycles. The SMILES string of the molecule is CCCNc1nc(SCC(C)CC)c2cn[nH]c2n1. The van der Waals surface area contributed by atoms with Crippen molar-refractivity contribution in [3.05, 3.63) is 6.20 Å². The molecule has 0 spiro atoms. The molecule has 6 heteroatoms. The van der Waals surface area contributed by atoms with Crippen molar-refractivity contribution < 1.29 is 0 Å². The van der Waals surface area contributed by atoms with Gasteiger partial charge in [-0.05, 0) is 12.3 Å². The van der Waals surface area contributed by atoms with E-state index in [0.717, 1.165) is 34.8 Å². The van der Waals surface area contributed by atoms with Crippen LogP contribution < -0.4 is 5.32 Å². The summed E-state index contributed by atoms with van der Waals surface area (Å²) < 4.78 is 0. The summed E-state index contributed by atoms with van der Waals surface area (Å²) in [6.45, 7) is 7.49. The Hall–Kier alpha value is -1.30. The number of hydrogen-bond acceptors (Lipinski definition) is 5. The number of H-pyrrole nitrogens is 1. The van der Waals surface area contributed by atoms with Gasteiger partial charge in [0.1, 0.15) is 5.03 Å². The summed E-state index contributed by atoms with van der Waals surface area (Å²) in [5.41, 5.74) is 0.806. The molecule has 2 heterocycles. The summed E-state index contributed by atoms with van der Waals surface area (Å²) in [6, 6.07) is 0. The number of anilines is 1. The van der Waals surface area contributed by atoms with Crippen molar-refractivity contribution in [2.75, 3.05) is 17.6 Å². The molecule has 0 aliphatic heterocycles. The Morgan fingerprint density at radius 1 is 1.37 bits per heavy atom. The van der Waals surface area contributed by atoms with E-state index in [0.29, 0.717) is 11.9 Å². The summed E-state index contributed by atoms with van der Waals surface area (Å²) in [5.74, 6) is 2.44. The Balaban J connectivity index is 2.21. The van der Waals surface area contributed by atoms with Crippen molar-refractivity contribution in [1.29, 1.82) is 0 Å². The van der Waals surface area contributed by atoms with Crippen LogP contribution in [0.3, 0.4) is 0 Å². The second-order valence-corrected chi connectivity index (χ2v) is 5.74. The van der Waals surface area contributed by atoms with Gasteiger partial charge >= 0.3 is 0 Å². The fourth-order valence-electron chi connectivity index (χ4n) is 1.57. The monoisotopic (exact) mass is 279 g/mol. The van der Waals surface area contributed by atoms with Gasteiger partial charge in [-0.2, -0.15) is 10.1 Å². The lowest BCUT2D eigenvalue weighted by molar-refractivity contribution is 0.636. The van der Waals surface area contributed by atoms with E-state index in [1.165, 1.54) is 6.42 Å². The van der Waals surface area contributed by atoms with Crippen LogP contribution in [0, 0.1) is 5.92 Å². The lowest BCUT2D eigenvalue weighted by Crippen LogP contribution is -2.05. The van der Waals surface area contributed by atoms with Gasteiger partial charge in [-0.3, -0.25) is 5.10 Å². The summed E-state index contributed by atoms with van der Waals surface area (Å²) >= 11 is 1.78. The second kappa shape index (κ2) is 6.75. The highest BCUT2D eigenvalue weighted by Gasteiger charge is 2.11. The summed E-state index contributed by atoms with van der Waals surface area (Å²) in [7, 11) is 0. The molecule has 0 saturated carbocycles. The zero-order valence-corrected chi connectivity index (χ0v) is 12.5. The van der Waals surface area contributed by atoms with Crippen LogP contribution in [-0.2, 0) is 0 Å². The molecular formula is C13H21N5S. The first kappa shape index (κ1) is 14.1. The van der Waals surface area contributed by atoms with Gasteiger partial charge in [0, 0.05) is 12.3 Å². The van der Waals surface area contributed by atoms with E-state index < -0.39 is 0 Å². The molecule has 0 amide bonds. The van der Waals surface area contributed by atoms with E-state index >= 15 is 0 Å². The van der Waals surface area contributed by atoms with Crippen LogP contribution in [0.1, 0.15) is 33.6 Å². The van der Waals surface area contributed by atoms with Crippen LogP contribution in [0.4, 0.5) is 5.95 Å². The smallest absolute Gasteiger partial charge is 0.225 e. The Bertz CT molecular complexity index is 525. The van der Waals surface area contributed by atoms with Crippen LogP contribution in [0.5, 0.6) is 0 Å². The molecule has 0 saturated heterocycles. The van der Waals surface area contributed by atoms with Crippen molar-refractivity contribution in [2.45, 2.75) is 38.6 Å². The van der Waals surface area contributed by atoms with Gasteiger partial charge in [0.25, 0.3) is 0 Å². The maximum Gasteiger partial charge on any atom is 0.225 e. The Morgan fingerprint density at radius 3 is 2.95 bits per heavy atom. The average Bonchev–Trinajstić information content (AvgIpc) is 2.90. The topological polar surface area (TPSA) is 66.5 Å². The number of aromatic amines is 1. The van der Waals surface area contributed by atoms with E-state index in [9.17, 15) is 0 Å². The fraction of sp³-hybridized carbons (Fsp3) is 0.615. The van der Waals surface area contributed by atoms with Crippen molar-refractivity contribution in [3.8, 4) is 0 Å². The number of aromatic nitrogens is 4. The molecule has 1 unspecified atom stereocenters. The van der Waals surface area contributed by atoms with Crippen LogP contribution in [0.2, 0.25) is 0 Å². The maximum absolute atomic E-state index is 4.60. The largest absolute Gasteiger partial charge is 0.354 e. The number of nitrogens with one attached hydrogen (secondary N) is 2. The Morgan fingerprint density at radius 2 is 2.21 bits per heavy atom. The maximum atomic E-state index is 4.60. The third-order valence-electron chi connectivity index (χ3n) is 3.01. The second-order valence-electron chi connectivity index (χ2n) is 4.74. The molecule has 2 N–H and O–H groups in total. The molecule has 1 atom stereocenters. The van der Waals surface area contributed by atoms with Crippen molar-refractivity contribution in [2.24, 2.45) is 5.92 Å². The standard InChI is InChI=1S/C13H21N5S/c1-4-6-14-13-16-11-10(7-15-18-11)12(17-13)19-8-9(3)5-2/h7,9H,4-6,8H2,1-3H3,(H2,14,15,16,17,18). The van der Waals surface area contributed by atoms with E-state index in [1.54, 1.807) is 18.0 Å². The normalized spacial score (nSPS) is 12.8. The number of fused-ring (bicyclic) bond motifs is 1. The molecular weight excluding hydrogens is 258 g/mol. The number of hydrogen-bond donors (Lipinski definition) is 2. The van der Waals surface area contributed by atoms with Crippen LogP contribution in [-0.4, -0.2) is 32.5 Å². The summed E-state index contributed by atoms with van der Waals surface area (Å²) in [5, 5.41) is 12.2. The predicted molar refractivity (Wildman–Crippen MR) is 80.6 cm³/mol. The molecule has 0 aliphatic rings. The third-order valence-corrected chi connectivity index (χ3v) is 4.33. The van der Waals surface area contributed by atoms with Crippen molar-refractivity contribution >= 4 is 28.7 Å². The van der Waals surface area contributed by atoms with E-state index in [4.69, 9.17) is 0 Å². The highest BCUT2D eigenvalue weighted by Crippen LogP contribution is 2.27. The number of nitrogens with zero attached hydrogens (tertiary/aromatic N) is 3. The highest BCUT2D eigenvalue weighted by molar-refractivity contribution is 7.99. The zero-order valence-electron chi connectivity index (χ0n) is 11.7. The molecule has 0 fully saturated rings. The molecule has 19 heavy (non-hydrogen) atoms. The van der Waals surface area contributed by atoms with E-state index in [2.05, 4.69) is 46.3 Å². The first-order valence-electron chi connectivity index (χ1n) is 6.82. The van der Waals surface area contributed by atoms with Gasteiger partial charge in [-0.15, -0.1) is 11.8 Å². The minimum Gasteiger partial charge on any atom is -0.354 e. The number of thioether (sulfide) groups is 1. The van der Waals surface area contributed by atoms with E-state index in [-0.39, 0.29) is 0 Å². The quantitative estimate of drug-likeness (QED) is 0.601. The van der Waals surface area contributed by atoms with Crippen LogP contribution in [0.15, 0.2) is 11.2 Å². The Labute approximate surface area is 118 Å². The molecule has 0 aromatic carbocycles. The lowest BCUT2D eigenvalue weighted by atomic mass is 10.2. The zero-order chi connectivity index (χ0) is 13.7. The summed E-state index contributed by atoms with van der Waals surface area (Å²) in [6.07, 6.45) is 4.05. The van der Waals surface area contributed by atoms with Gasteiger partial charge in [0.2, 0.25) is 5.95 Å². The van der Waals surface area contributed by atoms with E-state index in [1.807, 2.05) is 0 Å². The van der Waals surface area contributed by atoms with Gasteiger partial charge in [-0.25, -0.2) is 4.98 Å². The van der Waals surface area contributed by atoms with Crippen molar-refractivity contribution in [3.63, 3.8) is 0 Å². The third kappa shape index (κ3) is 3.59. The molecule has 2 aromatic rings. The number of rotatable bonds is 7. The van der Waals surface area contributed by atoms with Gasteiger partial charge in [-0.1, -0.05) is 27.2 Å². The van der Waals surface area contributed by atoms with Gasteiger partial charge in [0.15, 0.2) is 5.65 Å². The average molecular weight is 279 g/mol. The molecule has 0 aliphatic carbocycles. The first-order valence-corrected chi connectivity index (χ1v) is 7.80. The molecule has 2 rings (SSSR count). The van der Waals surface area contributed by atoms with Crippen LogP contribution >= 0.6 is 11.8 Å². The molecule has 5 nitrogen and oxygen atoms in total. The van der Waals surface area contributed by atoms with Gasteiger partial charge in [0.05, 0.1) is 11.6 Å². The molecule has 0 bridgehead atoms. The Kier molecular flexibility index (Phi) is 5.01. The summed E-state index contributed by atoms with van der Waals surface area (Å²) in [4.78, 5) is 9.02. The molecule has 0 radical (unpaired) electrons. The van der Waals surface area contributed by atoms with Gasteiger partial charge < -0.3 is 5.32 Å². The van der Waals surface area contributed by atoms with Crippen molar-refractivity contribution in [1.82, 2.24) is 20.2 Å².